The fourth-order valence-corrected chi connectivity index (χ4v) is 3.18. The molecular formula is C19H32N4O. The van der Waals surface area contributed by atoms with E-state index in [4.69, 9.17) is 4.74 Å². The highest BCUT2D eigenvalue weighted by Gasteiger charge is 2.19. The molecule has 0 unspecified atom stereocenters. The Morgan fingerprint density at radius 3 is 2.54 bits per heavy atom. The average Bonchev–Trinajstić information content (AvgIpc) is 3.14. The van der Waals surface area contributed by atoms with Crippen LogP contribution in [-0.4, -0.2) is 69.2 Å². The molecule has 0 saturated heterocycles. The van der Waals surface area contributed by atoms with Crippen molar-refractivity contribution in [1.29, 1.82) is 0 Å². The summed E-state index contributed by atoms with van der Waals surface area (Å²) in [6, 6.07) is 10.7. The number of likely N-dealkylation sites (N-methyl/N-ethyl adjacent to an activating group) is 2. The first-order valence-corrected chi connectivity index (χ1v) is 9.00. The van der Waals surface area contributed by atoms with E-state index in [9.17, 15) is 0 Å². The molecule has 0 radical (unpaired) electrons. The van der Waals surface area contributed by atoms with Crippen LogP contribution in [0.2, 0.25) is 0 Å². The lowest BCUT2D eigenvalue weighted by Gasteiger charge is -2.26. The van der Waals surface area contributed by atoms with Crippen molar-refractivity contribution in [3.63, 3.8) is 0 Å². The largest absolute Gasteiger partial charge is 0.492 e. The van der Waals surface area contributed by atoms with Crippen LogP contribution in [0.1, 0.15) is 25.7 Å². The second-order valence-electron chi connectivity index (χ2n) is 6.48. The minimum absolute atomic E-state index is 0.642. The molecule has 24 heavy (non-hydrogen) atoms. The Labute approximate surface area is 146 Å². The smallest absolute Gasteiger partial charge is 0.193 e. The molecule has 1 aliphatic rings. The predicted molar refractivity (Wildman–Crippen MR) is 101 cm³/mol. The molecule has 5 nitrogen and oxygen atoms in total. The molecule has 0 bridgehead atoms. The number of hydrogen-bond donors (Lipinski definition) is 1. The van der Waals surface area contributed by atoms with Gasteiger partial charge in [-0.2, -0.15) is 0 Å². The van der Waals surface area contributed by atoms with E-state index in [2.05, 4.69) is 27.2 Å². The molecule has 2 rings (SSSR count). The molecule has 0 spiro atoms. The normalized spacial score (nSPS) is 15.8. The van der Waals surface area contributed by atoms with Crippen molar-refractivity contribution in [2.75, 3.05) is 47.4 Å². The van der Waals surface area contributed by atoms with E-state index >= 15 is 0 Å². The molecule has 1 N–H and O–H groups in total. The predicted octanol–water partition coefficient (Wildman–Crippen LogP) is 2.45. The summed E-state index contributed by atoms with van der Waals surface area (Å²) in [5, 5.41) is 3.45. The topological polar surface area (TPSA) is 40.1 Å². The van der Waals surface area contributed by atoms with Gasteiger partial charge < -0.3 is 19.9 Å². The van der Waals surface area contributed by atoms with Crippen LogP contribution in [0.3, 0.4) is 0 Å². The van der Waals surface area contributed by atoms with Crippen LogP contribution in [0.4, 0.5) is 0 Å². The first-order chi connectivity index (χ1) is 11.7. The molecule has 0 heterocycles. The lowest BCUT2D eigenvalue weighted by molar-refractivity contribution is 0.247. The van der Waals surface area contributed by atoms with Crippen LogP contribution >= 0.6 is 0 Å². The Bertz CT molecular complexity index is 485. The van der Waals surface area contributed by atoms with Gasteiger partial charge in [0.15, 0.2) is 5.96 Å². The fourth-order valence-electron chi connectivity index (χ4n) is 3.18. The molecular weight excluding hydrogens is 300 g/mol. The summed E-state index contributed by atoms with van der Waals surface area (Å²) in [6.45, 7) is 3.41. The van der Waals surface area contributed by atoms with Crippen molar-refractivity contribution in [2.45, 2.75) is 31.7 Å². The zero-order valence-electron chi connectivity index (χ0n) is 15.4. The zero-order chi connectivity index (χ0) is 17.2. The summed E-state index contributed by atoms with van der Waals surface area (Å²) in [5.74, 6) is 1.83. The van der Waals surface area contributed by atoms with Gasteiger partial charge in [0.25, 0.3) is 0 Å². The lowest BCUT2D eigenvalue weighted by atomic mass is 10.2. The first-order valence-electron chi connectivity index (χ1n) is 9.00. The number of para-hydroxylation sites is 1. The third kappa shape index (κ3) is 6.04. The molecule has 0 aliphatic heterocycles. The Kier molecular flexibility index (Phi) is 7.89. The second kappa shape index (κ2) is 10.2. The van der Waals surface area contributed by atoms with Crippen LogP contribution in [0.5, 0.6) is 5.75 Å². The molecule has 0 aromatic heterocycles. The van der Waals surface area contributed by atoms with Crippen molar-refractivity contribution >= 4 is 5.96 Å². The van der Waals surface area contributed by atoms with Gasteiger partial charge >= 0.3 is 0 Å². The standard InChI is InChI=1S/C19H32N4O/c1-20-19(21-13-14-22(2)17-9-7-8-10-17)23(3)15-16-24-18-11-5-4-6-12-18/h4-6,11-12,17H,7-10,13-16H2,1-3H3,(H,20,21). The van der Waals surface area contributed by atoms with E-state index in [1.807, 2.05) is 44.4 Å². The van der Waals surface area contributed by atoms with E-state index in [0.29, 0.717) is 6.61 Å². The van der Waals surface area contributed by atoms with Crippen LogP contribution < -0.4 is 10.1 Å². The van der Waals surface area contributed by atoms with Gasteiger partial charge in [-0.25, -0.2) is 0 Å². The molecule has 1 aliphatic carbocycles. The van der Waals surface area contributed by atoms with E-state index in [1.54, 1.807) is 0 Å². The van der Waals surface area contributed by atoms with Crippen molar-refractivity contribution in [3.8, 4) is 5.75 Å². The highest BCUT2D eigenvalue weighted by molar-refractivity contribution is 5.79. The minimum Gasteiger partial charge on any atom is -0.492 e. The Hall–Kier alpha value is -1.75. The van der Waals surface area contributed by atoms with Crippen LogP contribution in [0.15, 0.2) is 35.3 Å². The van der Waals surface area contributed by atoms with Crippen LogP contribution in [0.25, 0.3) is 0 Å². The molecule has 1 fully saturated rings. The number of nitrogens with zero attached hydrogens (tertiary/aromatic N) is 3. The van der Waals surface area contributed by atoms with Crippen LogP contribution in [0, 0.1) is 0 Å². The second-order valence-corrected chi connectivity index (χ2v) is 6.48. The summed E-state index contributed by atoms with van der Waals surface area (Å²) in [6.07, 6.45) is 5.46. The van der Waals surface area contributed by atoms with Crippen molar-refractivity contribution < 1.29 is 4.74 Å². The Balaban J connectivity index is 1.64. The van der Waals surface area contributed by atoms with Gasteiger partial charge in [0.05, 0.1) is 6.54 Å². The number of rotatable bonds is 8. The van der Waals surface area contributed by atoms with Gasteiger partial charge in [0, 0.05) is 33.2 Å². The monoisotopic (exact) mass is 332 g/mol. The van der Waals surface area contributed by atoms with E-state index in [0.717, 1.165) is 37.4 Å². The molecule has 0 atom stereocenters. The Morgan fingerprint density at radius 1 is 1.17 bits per heavy atom. The number of nitrogens with one attached hydrogen (secondary N) is 1. The summed E-state index contributed by atoms with van der Waals surface area (Å²) < 4.78 is 5.75. The first kappa shape index (κ1) is 18.6. The average molecular weight is 332 g/mol. The highest BCUT2D eigenvalue weighted by atomic mass is 16.5. The molecule has 0 amide bonds. The molecule has 1 saturated carbocycles. The zero-order valence-corrected chi connectivity index (χ0v) is 15.4. The number of benzene rings is 1. The van der Waals surface area contributed by atoms with Gasteiger partial charge in [-0.3, -0.25) is 4.99 Å². The molecule has 5 heteroatoms. The third-order valence-corrected chi connectivity index (χ3v) is 4.71. The van der Waals surface area contributed by atoms with E-state index in [-0.39, 0.29) is 0 Å². The summed E-state index contributed by atoms with van der Waals surface area (Å²) in [5.41, 5.74) is 0. The third-order valence-electron chi connectivity index (χ3n) is 4.71. The lowest BCUT2D eigenvalue weighted by Crippen LogP contribution is -2.44. The van der Waals surface area contributed by atoms with Gasteiger partial charge in [0.2, 0.25) is 0 Å². The van der Waals surface area contributed by atoms with E-state index < -0.39 is 0 Å². The van der Waals surface area contributed by atoms with Gasteiger partial charge in [0.1, 0.15) is 12.4 Å². The number of guanidine groups is 1. The molecule has 1 aromatic rings. The SMILES string of the molecule is CN=C(NCCN(C)C1CCCC1)N(C)CCOc1ccccc1. The number of aliphatic imine (C=N–C) groups is 1. The number of hydrogen-bond acceptors (Lipinski definition) is 3. The fraction of sp³-hybridized carbons (Fsp3) is 0.632. The van der Waals surface area contributed by atoms with Crippen molar-refractivity contribution in [2.24, 2.45) is 4.99 Å². The van der Waals surface area contributed by atoms with Crippen LogP contribution in [-0.2, 0) is 0 Å². The highest BCUT2D eigenvalue weighted by Crippen LogP contribution is 2.21. The summed E-state index contributed by atoms with van der Waals surface area (Å²) in [4.78, 5) is 8.95. The Morgan fingerprint density at radius 2 is 1.88 bits per heavy atom. The maximum Gasteiger partial charge on any atom is 0.193 e. The quantitative estimate of drug-likeness (QED) is 0.586. The van der Waals surface area contributed by atoms with Gasteiger partial charge in [-0.15, -0.1) is 0 Å². The summed E-state index contributed by atoms with van der Waals surface area (Å²) in [7, 11) is 6.11. The molecule has 1 aromatic carbocycles. The van der Waals surface area contributed by atoms with Crippen molar-refractivity contribution in [3.05, 3.63) is 30.3 Å². The maximum absolute atomic E-state index is 5.75. The molecule has 134 valence electrons. The van der Waals surface area contributed by atoms with Crippen molar-refractivity contribution in [1.82, 2.24) is 15.1 Å². The van der Waals surface area contributed by atoms with Gasteiger partial charge in [-0.05, 0) is 32.0 Å². The summed E-state index contributed by atoms with van der Waals surface area (Å²) >= 11 is 0. The van der Waals surface area contributed by atoms with E-state index in [1.165, 1.54) is 25.7 Å². The maximum atomic E-state index is 5.75. The number of ether oxygens (including phenoxy) is 1. The minimum atomic E-state index is 0.642. The van der Waals surface area contributed by atoms with Gasteiger partial charge in [-0.1, -0.05) is 31.0 Å².